The standard InChI is InChI=1S/C15H16N2O2/c18-14-12-3-1-2-4-13(12)15(19)17(14)10-7-11-5-8-16-9-6-11/h1-5,16H,6-10H2. The lowest BCUT2D eigenvalue weighted by Gasteiger charge is -2.18. The molecular formula is C15H16N2O2. The van der Waals surface area contributed by atoms with Gasteiger partial charge in [0.25, 0.3) is 11.8 Å². The SMILES string of the molecule is O=C1c2ccccc2C(=O)N1CCC1=CCNCC1. The number of benzene rings is 1. The summed E-state index contributed by atoms with van der Waals surface area (Å²) in [6, 6.07) is 7.03. The minimum absolute atomic E-state index is 0.157. The molecule has 0 atom stereocenters. The van der Waals surface area contributed by atoms with Crippen molar-refractivity contribution in [3.8, 4) is 0 Å². The Labute approximate surface area is 112 Å². The van der Waals surface area contributed by atoms with Gasteiger partial charge in [-0.2, -0.15) is 0 Å². The van der Waals surface area contributed by atoms with Gasteiger partial charge in [0.1, 0.15) is 0 Å². The first-order valence-electron chi connectivity index (χ1n) is 6.61. The number of imide groups is 1. The van der Waals surface area contributed by atoms with E-state index in [0.717, 1.165) is 25.9 Å². The Kier molecular flexibility index (Phi) is 3.17. The van der Waals surface area contributed by atoms with Crippen molar-refractivity contribution in [1.82, 2.24) is 10.2 Å². The quantitative estimate of drug-likeness (QED) is 0.660. The molecule has 0 fully saturated rings. The second kappa shape index (κ2) is 4.97. The molecule has 1 aromatic carbocycles. The van der Waals surface area contributed by atoms with E-state index in [1.54, 1.807) is 24.3 Å². The lowest BCUT2D eigenvalue weighted by molar-refractivity contribution is 0.0656. The van der Waals surface area contributed by atoms with Crippen LogP contribution in [-0.2, 0) is 0 Å². The minimum Gasteiger partial charge on any atom is -0.313 e. The summed E-state index contributed by atoms with van der Waals surface area (Å²) in [4.78, 5) is 25.7. The highest BCUT2D eigenvalue weighted by Gasteiger charge is 2.34. The van der Waals surface area contributed by atoms with E-state index in [1.807, 2.05) is 0 Å². The lowest BCUT2D eigenvalue weighted by Crippen LogP contribution is -2.31. The molecule has 1 N–H and O–H groups in total. The number of amides is 2. The number of carbonyl (C=O) groups excluding carboxylic acids is 2. The molecule has 4 heteroatoms. The van der Waals surface area contributed by atoms with Crippen LogP contribution in [0.2, 0.25) is 0 Å². The number of nitrogens with one attached hydrogen (secondary N) is 1. The molecule has 0 aliphatic carbocycles. The Hall–Kier alpha value is -1.94. The number of hydrogen-bond donors (Lipinski definition) is 1. The van der Waals surface area contributed by atoms with E-state index in [9.17, 15) is 9.59 Å². The number of nitrogens with zero attached hydrogens (tertiary/aromatic N) is 1. The van der Waals surface area contributed by atoms with Crippen molar-refractivity contribution in [2.75, 3.05) is 19.6 Å². The fourth-order valence-corrected chi connectivity index (χ4v) is 2.59. The highest BCUT2D eigenvalue weighted by Crippen LogP contribution is 2.23. The molecule has 2 aliphatic rings. The summed E-state index contributed by atoms with van der Waals surface area (Å²) in [6.45, 7) is 2.35. The van der Waals surface area contributed by atoms with Gasteiger partial charge in [0, 0.05) is 13.1 Å². The molecule has 98 valence electrons. The van der Waals surface area contributed by atoms with Crippen molar-refractivity contribution in [2.45, 2.75) is 12.8 Å². The Bertz CT molecular complexity index is 528. The smallest absolute Gasteiger partial charge is 0.261 e. The molecule has 2 aliphatic heterocycles. The molecule has 4 nitrogen and oxygen atoms in total. The average Bonchev–Trinajstić information content (AvgIpc) is 2.71. The summed E-state index contributed by atoms with van der Waals surface area (Å²) in [6.07, 6.45) is 3.94. The summed E-state index contributed by atoms with van der Waals surface area (Å²) in [5.74, 6) is -0.315. The van der Waals surface area contributed by atoms with Gasteiger partial charge < -0.3 is 5.32 Å². The van der Waals surface area contributed by atoms with Gasteiger partial charge >= 0.3 is 0 Å². The van der Waals surface area contributed by atoms with Gasteiger partial charge in [-0.15, -0.1) is 0 Å². The highest BCUT2D eigenvalue weighted by atomic mass is 16.2. The summed E-state index contributed by atoms with van der Waals surface area (Å²) < 4.78 is 0. The van der Waals surface area contributed by atoms with Gasteiger partial charge in [-0.1, -0.05) is 23.8 Å². The molecule has 1 aromatic rings. The second-order valence-electron chi connectivity index (χ2n) is 4.87. The van der Waals surface area contributed by atoms with Crippen LogP contribution in [0.4, 0.5) is 0 Å². The maximum atomic E-state index is 12.2. The predicted molar refractivity (Wildman–Crippen MR) is 72.0 cm³/mol. The Morgan fingerprint density at radius 3 is 2.37 bits per heavy atom. The zero-order valence-corrected chi connectivity index (χ0v) is 10.7. The van der Waals surface area contributed by atoms with E-state index in [1.165, 1.54) is 10.5 Å². The molecule has 2 heterocycles. The summed E-state index contributed by atoms with van der Waals surface area (Å²) in [7, 11) is 0. The number of hydrogen-bond acceptors (Lipinski definition) is 3. The third kappa shape index (κ3) is 2.19. The van der Waals surface area contributed by atoms with Crippen LogP contribution in [0.15, 0.2) is 35.9 Å². The van der Waals surface area contributed by atoms with Gasteiger partial charge in [-0.25, -0.2) is 0 Å². The maximum absolute atomic E-state index is 12.2. The molecule has 0 saturated heterocycles. The zero-order chi connectivity index (χ0) is 13.2. The van der Waals surface area contributed by atoms with Crippen molar-refractivity contribution >= 4 is 11.8 Å². The molecule has 0 bridgehead atoms. The number of carbonyl (C=O) groups is 2. The largest absolute Gasteiger partial charge is 0.313 e. The molecule has 3 rings (SSSR count). The van der Waals surface area contributed by atoms with Crippen LogP contribution < -0.4 is 5.32 Å². The van der Waals surface area contributed by atoms with Crippen molar-refractivity contribution in [2.24, 2.45) is 0 Å². The van der Waals surface area contributed by atoms with Gasteiger partial charge in [0.15, 0.2) is 0 Å². The second-order valence-corrected chi connectivity index (χ2v) is 4.87. The number of fused-ring (bicyclic) bond motifs is 1. The van der Waals surface area contributed by atoms with Crippen LogP contribution in [0.5, 0.6) is 0 Å². The van der Waals surface area contributed by atoms with E-state index >= 15 is 0 Å². The van der Waals surface area contributed by atoms with Crippen molar-refractivity contribution in [1.29, 1.82) is 0 Å². The van der Waals surface area contributed by atoms with Crippen LogP contribution in [0.3, 0.4) is 0 Å². The van der Waals surface area contributed by atoms with Crippen molar-refractivity contribution < 1.29 is 9.59 Å². The fourth-order valence-electron chi connectivity index (χ4n) is 2.59. The normalized spacial score (nSPS) is 18.5. The first-order valence-corrected chi connectivity index (χ1v) is 6.61. The molecule has 19 heavy (non-hydrogen) atoms. The fraction of sp³-hybridized carbons (Fsp3) is 0.333. The molecule has 0 spiro atoms. The van der Waals surface area contributed by atoms with E-state index in [2.05, 4.69) is 11.4 Å². The van der Waals surface area contributed by atoms with E-state index in [-0.39, 0.29) is 11.8 Å². The van der Waals surface area contributed by atoms with Crippen LogP contribution in [0.25, 0.3) is 0 Å². The Balaban J connectivity index is 1.72. The maximum Gasteiger partial charge on any atom is 0.261 e. The predicted octanol–water partition coefficient (Wildman–Crippen LogP) is 1.59. The minimum atomic E-state index is -0.157. The molecular weight excluding hydrogens is 240 g/mol. The van der Waals surface area contributed by atoms with Crippen LogP contribution in [-0.4, -0.2) is 36.3 Å². The van der Waals surface area contributed by atoms with Gasteiger partial charge in [0.2, 0.25) is 0 Å². The monoisotopic (exact) mass is 256 g/mol. The molecule has 0 radical (unpaired) electrons. The average molecular weight is 256 g/mol. The van der Waals surface area contributed by atoms with Crippen molar-refractivity contribution in [3.63, 3.8) is 0 Å². The first kappa shape index (κ1) is 12.1. The van der Waals surface area contributed by atoms with E-state index < -0.39 is 0 Å². The highest BCUT2D eigenvalue weighted by molar-refractivity contribution is 6.21. The van der Waals surface area contributed by atoms with Crippen LogP contribution in [0.1, 0.15) is 33.6 Å². The molecule has 0 unspecified atom stereocenters. The lowest BCUT2D eigenvalue weighted by atomic mass is 10.1. The third-order valence-corrected chi connectivity index (χ3v) is 3.69. The van der Waals surface area contributed by atoms with E-state index in [4.69, 9.17) is 0 Å². The molecule has 0 saturated carbocycles. The number of rotatable bonds is 3. The zero-order valence-electron chi connectivity index (χ0n) is 10.7. The topological polar surface area (TPSA) is 49.4 Å². The van der Waals surface area contributed by atoms with Gasteiger partial charge in [-0.05, 0) is 31.5 Å². The Morgan fingerprint density at radius 1 is 1.11 bits per heavy atom. The first-order chi connectivity index (χ1) is 9.27. The van der Waals surface area contributed by atoms with Gasteiger partial charge in [-0.3, -0.25) is 14.5 Å². The molecule has 2 amide bonds. The summed E-state index contributed by atoms with van der Waals surface area (Å²) in [5, 5.41) is 3.25. The summed E-state index contributed by atoms with van der Waals surface area (Å²) in [5.41, 5.74) is 2.40. The Morgan fingerprint density at radius 2 is 1.79 bits per heavy atom. The van der Waals surface area contributed by atoms with Crippen LogP contribution >= 0.6 is 0 Å². The van der Waals surface area contributed by atoms with Crippen molar-refractivity contribution in [3.05, 3.63) is 47.0 Å². The van der Waals surface area contributed by atoms with E-state index in [0.29, 0.717) is 17.7 Å². The third-order valence-electron chi connectivity index (χ3n) is 3.69. The molecule has 0 aromatic heterocycles. The van der Waals surface area contributed by atoms with Gasteiger partial charge in [0.05, 0.1) is 11.1 Å². The van der Waals surface area contributed by atoms with Crippen LogP contribution in [0, 0.1) is 0 Å². The summed E-state index contributed by atoms with van der Waals surface area (Å²) >= 11 is 0.